The number of benzene rings is 2. The average Bonchev–Trinajstić information content (AvgIpc) is 3.20. The number of sulfone groups is 1. The number of nitrogens with one attached hydrogen (secondary N) is 1. The lowest BCUT2D eigenvalue weighted by Gasteiger charge is -2.08. The SMILES string of the molecule is CS(=O)(=O)c1ccc(F)c(NC(=O)Cc2coc3cc4c(cc23)CCC4)c1. The fourth-order valence-corrected chi connectivity index (χ4v) is 4.13. The van der Waals surface area contributed by atoms with Gasteiger partial charge in [-0.1, -0.05) is 0 Å². The Kier molecular flexibility index (Phi) is 4.26. The first-order valence-corrected chi connectivity index (χ1v) is 10.5. The van der Waals surface area contributed by atoms with Crippen molar-refractivity contribution in [2.24, 2.45) is 0 Å². The molecule has 0 spiro atoms. The second kappa shape index (κ2) is 6.49. The van der Waals surface area contributed by atoms with Gasteiger partial charge in [-0.05, 0) is 60.7 Å². The lowest BCUT2D eigenvalue weighted by molar-refractivity contribution is -0.115. The summed E-state index contributed by atoms with van der Waals surface area (Å²) in [5.41, 5.74) is 3.86. The molecule has 5 nitrogen and oxygen atoms in total. The number of carbonyl (C=O) groups is 1. The molecular weight excluding hydrogens is 369 g/mol. The van der Waals surface area contributed by atoms with Crippen LogP contribution in [0, 0.1) is 5.82 Å². The number of aryl methyl sites for hydroxylation is 2. The summed E-state index contributed by atoms with van der Waals surface area (Å²) < 4.78 is 42.8. The molecule has 0 saturated carbocycles. The zero-order chi connectivity index (χ0) is 19.2. The highest BCUT2D eigenvalue weighted by atomic mass is 32.2. The Hall–Kier alpha value is -2.67. The molecule has 1 amide bonds. The molecule has 7 heteroatoms. The van der Waals surface area contributed by atoms with Crippen molar-refractivity contribution < 1.29 is 22.0 Å². The zero-order valence-corrected chi connectivity index (χ0v) is 15.5. The van der Waals surface area contributed by atoms with Crippen LogP contribution in [0.2, 0.25) is 0 Å². The van der Waals surface area contributed by atoms with E-state index < -0.39 is 21.6 Å². The summed E-state index contributed by atoms with van der Waals surface area (Å²) in [7, 11) is -3.50. The fraction of sp³-hybridized carbons (Fsp3) is 0.250. The highest BCUT2D eigenvalue weighted by Gasteiger charge is 2.18. The lowest BCUT2D eigenvalue weighted by atomic mass is 10.0. The van der Waals surface area contributed by atoms with Crippen LogP contribution in [0.25, 0.3) is 11.0 Å². The third-order valence-corrected chi connectivity index (χ3v) is 5.97. The number of rotatable bonds is 4. The number of amides is 1. The standard InChI is InChI=1S/C20H18FNO4S/c1-27(24,25)15-5-6-17(21)18(10-15)22-20(23)9-14-11-26-19-8-13-4-2-3-12(13)7-16(14)19/h5-8,10-11H,2-4,9H2,1H3,(H,22,23). The number of carbonyl (C=O) groups excluding carboxylic acids is 1. The molecule has 0 fully saturated rings. The Morgan fingerprint density at radius 2 is 1.93 bits per heavy atom. The molecule has 0 unspecified atom stereocenters. The highest BCUT2D eigenvalue weighted by Crippen LogP contribution is 2.30. The maximum atomic E-state index is 14.0. The Morgan fingerprint density at radius 3 is 2.67 bits per heavy atom. The average molecular weight is 387 g/mol. The molecule has 0 radical (unpaired) electrons. The van der Waals surface area contributed by atoms with Gasteiger partial charge in [-0.2, -0.15) is 0 Å². The number of hydrogen-bond acceptors (Lipinski definition) is 4. The topological polar surface area (TPSA) is 76.4 Å². The first-order valence-electron chi connectivity index (χ1n) is 8.62. The van der Waals surface area contributed by atoms with Crippen LogP contribution in [-0.2, 0) is 33.9 Å². The van der Waals surface area contributed by atoms with Crippen LogP contribution in [0.4, 0.5) is 10.1 Å². The van der Waals surface area contributed by atoms with E-state index in [1.165, 1.54) is 17.2 Å². The van der Waals surface area contributed by atoms with Crippen molar-refractivity contribution in [2.75, 3.05) is 11.6 Å². The van der Waals surface area contributed by atoms with E-state index >= 15 is 0 Å². The van der Waals surface area contributed by atoms with Crippen molar-refractivity contribution in [3.05, 3.63) is 59.1 Å². The summed E-state index contributed by atoms with van der Waals surface area (Å²) in [6.07, 6.45) is 5.76. The van der Waals surface area contributed by atoms with E-state index in [0.29, 0.717) is 0 Å². The van der Waals surface area contributed by atoms with Crippen LogP contribution in [-0.4, -0.2) is 20.6 Å². The zero-order valence-electron chi connectivity index (χ0n) is 14.7. The molecule has 0 aliphatic heterocycles. The number of anilines is 1. The summed E-state index contributed by atoms with van der Waals surface area (Å²) in [4.78, 5) is 12.3. The minimum Gasteiger partial charge on any atom is -0.464 e. The third-order valence-electron chi connectivity index (χ3n) is 4.86. The quantitative estimate of drug-likeness (QED) is 0.694. The molecule has 1 aliphatic carbocycles. The van der Waals surface area contributed by atoms with Crippen LogP contribution in [0.1, 0.15) is 23.1 Å². The normalized spacial score (nSPS) is 13.7. The van der Waals surface area contributed by atoms with Gasteiger partial charge in [0.1, 0.15) is 11.4 Å². The Balaban J connectivity index is 1.58. The molecule has 2 aromatic carbocycles. The van der Waals surface area contributed by atoms with Crippen molar-refractivity contribution >= 4 is 32.4 Å². The summed E-state index contributed by atoms with van der Waals surface area (Å²) >= 11 is 0. The van der Waals surface area contributed by atoms with Crippen molar-refractivity contribution in [3.63, 3.8) is 0 Å². The van der Waals surface area contributed by atoms with E-state index in [4.69, 9.17) is 4.42 Å². The number of halogens is 1. The van der Waals surface area contributed by atoms with E-state index in [2.05, 4.69) is 11.4 Å². The maximum absolute atomic E-state index is 14.0. The smallest absolute Gasteiger partial charge is 0.229 e. The summed E-state index contributed by atoms with van der Waals surface area (Å²) in [5, 5.41) is 3.34. The molecule has 1 aromatic heterocycles. The van der Waals surface area contributed by atoms with Gasteiger partial charge in [0.25, 0.3) is 0 Å². The monoisotopic (exact) mass is 387 g/mol. The van der Waals surface area contributed by atoms with Gasteiger partial charge in [0.15, 0.2) is 9.84 Å². The van der Waals surface area contributed by atoms with Crippen LogP contribution in [0.3, 0.4) is 0 Å². The predicted octanol–water partition coefficient (Wildman–Crippen LogP) is 3.65. The number of furan rings is 1. The van der Waals surface area contributed by atoms with Crippen molar-refractivity contribution in [1.82, 2.24) is 0 Å². The van der Waals surface area contributed by atoms with Crippen LogP contribution in [0.15, 0.2) is 45.9 Å². The van der Waals surface area contributed by atoms with Gasteiger partial charge in [-0.25, -0.2) is 12.8 Å². The van der Waals surface area contributed by atoms with E-state index in [-0.39, 0.29) is 17.0 Å². The van der Waals surface area contributed by atoms with E-state index in [1.54, 1.807) is 6.26 Å². The van der Waals surface area contributed by atoms with Gasteiger partial charge in [0.05, 0.1) is 23.3 Å². The number of hydrogen-bond donors (Lipinski definition) is 1. The lowest BCUT2D eigenvalue weighted by Crippen LogP contribution is -2.15. The first kappa shape index (κ1) is 17.7. The molecule has 1 N–H and O–H groups in total. The summed E-state index contributed by atoms with van der Waals surface area (Å²) in [6, 6.07) is 7.42. The maximum Gasteiger partial charge on any atom is 0.229 e. The summed E-state index contributed by atoms with van der Waals surface area (Å²) in [6.45, 7) is 0. The van der Waals surface area contributed by atoms with Gasteiger partial charge < -0.3 is 9.73 Å². The molecule has 3 aromatic rings. The van der Waals surface area contributed by atoms with E-state index in [9.17, 15) is 17.6 Å². The first-order chi connectivity index (χ1) is 12.8. The van der Waals surface area contributed by atoms with Crippen LogP contribution in [0.5, 0.6) is 0 Å². The fourth-order valence-electron chi connectivity index (χ4n) is 3.48. The minimum absolute atomic E-state index is 0.00826. The van der Waals surface area contributed by atoms with Gasteiger partial charge in [-0.3, -0.25) is 4.79 Å². The third kappa shape index (κ3) is 3.47. The molecule has 0 atom stereocenters. The molecule has 0 bridgehead atoms. The van der Waals surface area contributed by atoms with E-state index in [1.807, 2.05) is 6.07 Å². The molecule has 1 aliphatic rings. The van der Waals surface area contributed by atoms with Crippen molar-refractivity contribution in [2.45, 2.75) is 30.6 Å². The molecule has 27 heavy (non-hydrogen) atoms. The molecule has 140 valence electrons. The van der Waals surface area contributed by atoms with E-state index in [0.717, 1.165) is 54.2 Å². The number of fused-ring (bicyclic) bond motifs is 2. The van der Waals surface area contributed by atoms with Crippen molar-refractivity contribution in [1.29, 1.82) is 0 Å². The van der Waals surface area contributed by atoms with Crippen LogP contribution >= 0.6 is 0 Å². The van der Waals surface area contributed by atoms with Gasteiger partial charge >= 0.3 is 0 Å². The van der Waals surface area contributed by atoms with Gasteiger partial charge in [0.2, 0.25) is 5.91 Å². The second-order valence-corrected chi connectivity index (χ2v) is 8.89. The predicted molar refractivity (Wildman–Crippen MR) is 100 cm³/mol. The second-order valence-electron chi connectivity index (χ2n) is 6.87. The minimum atomic E-state index is -3.50. The van der Waals surface area contributed by atoms with Crippen LogP contribution < -0.4 is 5.32 Å². The Bertz CT molecular complexity index is 1160. The summed E-state index contributed by atoms with van der Waals surface area (Å²) in [5.74, 6) is -1.13. The molecular formula is C20H18FNO4S. The molecule has 1 heterocycles. The molecule has 0 saturated heterocycles. The highest BCUT2D eigenvalue weighted by molar-refractivity contribution is 7.90. The Labute approximate surface area is 156 Å². The largest absolute Gasteiger partial charge is 0.464 e. The van der Waals surface area contributed by atoms with Crippen molar-refractivity contribution in [3.8, 4) is 0 Å². The molecule has 4 rings (SSSR count). The Morgan fingerprint density at radius 1 is 1.19 bits per heavy atom. The van der Waals surface area contributed by atoms with Gasteiger partial charge in [-0.15, -0.1) is 0 Å². The van der Waals surface area contributed by atoms with Gasteiger partial charge in [0, 0.05) is 17.2 Å².